The van der Waals surface area contributed by atoms with E-state index >= 15 is 0 Å². The number of urea groups is 1. The van der Waals surface area contributed by atoms with Crippen molar-refractivity contribution in [1.82, 2.24) is 10.2 Å². The van der Waals surface area contributed by atoms with Crippen LogP contribution in [0.5, 0.6) is 0 Å². The first-order chi connectivity index (χ1) is 12.5. The van der Waals surface area contributed by atoms with Crippen molar-refractivity contribution in [3.8, 4) is 0 Å². The molecule has 1 unspecified atom stereocenters. The van der Waals surface area contributed by atoms with Crippen molar-refractivity contribution in [3.05, 3.63) is 29.8 Å². The Bertz CT molecular complexity index is 675. The summed E-state index contributed by atoms with van der Waals surface area (Å²) >= 11 is 0. The molecule has 3 aliphatic rings. The highest BCUT2D eigenvalue weighted by Crippen LogP contribution is 2.31. The molecule has 3 saturated heterocycles. The molecule has 4 rings (SSSR count). The number of nitrogens with one attached hydrogen (secondary N) is 1. The molecule has 3 amide bonds. The monoisotopic (exact) mass is 359 g/mol. The minimum absolute atomic E-state index is 0.0458. The van der Waals surface area contributed by atoms with Gasteiger partial charge in [0.1, 0.15) is 0 Å². The molecular weight excluding hydrogens is 334 g/mol. The van der Waals surface area contributed by atoms with Crippen molar-refractivity contribution in [2.24, 2.45) is 0 Å². The number of carbonyl (C=O) groups is 2. The molecule has 0 aliphatic carbocycles. The van der Waals surface area contributed by atoms with E-state index in [1.165, 1.54) is 0 Å². The predicted molar refractivity (Wildman–Crippen MR) is 95.9 cm³/mol. The Morgan fingerprint density at radius 2 is 1.81 bits per heavy atom. The molecule has 3 heterocycles. The van der Waals surface area contributed by atoms with E-state index in [9.17, 15) is 9.59 Å². The van der Waals surface area contributed by atoms with Crippen molar-refractivity contribution in [2.75, 3.05) is 37.7 Å². The Kier molecular flexibility index (Phi) is 4.58. The number of amides is 3. The number of ether oxygens (including phenoxy) is 2. The van der Waals surface area contributed by atoms with Crippen LogP contribution in [0.3, 0.4) is 0 Å². The van der Waals surface area contributed by atoms with E-state index in [4.69, 9.17) is 9.47 Å². The van der Waals surface area contributed by atoms with Gasteiger partial charge in [-0.15, -0.1) is 0 Å². The van der Waals surface area contributed by atoms with Crippen LogP contribution in [0.1, 0.15) is 24.8 Å². The number of aryl methyl sites for hydroxylation is 1. The topological polar surface area (TPSA) is 71.1 Å². The number of anilines is 1. The predicted octanol–water partition coefficient (Wildman–Crippen LogP) is 1.65. The SMILES string of the molecule is Cc1ccc(N2CC(NC(=O)N3CCC4(CC3)OCCO4)CC2=O)cc1. The van der Waals surface area contributed by atoms with Gasteiger partial charge in [-0.1, -0.05) is 17.7 Å². The molecule has 7 heteroatoms. The molecule has 0 saturated carbocycles. The van der Waals surface area contributed by atoms with E-state index in [-0.39, 0.29) is 18.0 Å². The molecule has 26 heavy (non-hydrogen) atoms. The molecule has 140 valence electrons. The van der Waals surface area contributed by atoms with Gasteiger partial charge in [0.25, 0.3) is 0 Å². The second-order valence-corrected chi connectivity index (χ2v) is 7.29. The third-order valence-corrected chi connectivity index (χ3v) is 5.42. The molecule has 1 N–H and O–H groups in total. The van der Waals surface area contributed by atoms with E-state index in [0.717, 1.165) is 11.3 Å². The molecule has 1 spiro atoms. The van der Waals surface area contributed by atoms with Gasteiger partial charge >= 0.3 is 6.03 Å². The van der Waals surface area contributed by atoms with Crippen LogP contribution in [0, 0.1) is 6.92 Å². The number of likely N-dealkylation sites (tertiary alicyclic amines) is 1. The third-order valence-electron chi connectivity index (χ3n) is 5.42. The van der Waals surface area contributed by atoms with Gasteiger partial charge < -0.3 is 24.6 Å². The van der Waals surface area contributed by atoms with Gasteiger partial charge in [0.15, 0.2) is 5.79 Å². The van der Waals surface area contributed by atoms with Crippen LogP contribution < -0.4 is 10.2 Å². The summed E-state index contributed by atoms with van der Waals surface area (Å²) < 4.78 is 11.4. The van der Waals surface area contributed by atoms with Crippen molar-refractivity contribution >= 4 is 17.6 Å². The molecule has 7 nitrogen and oxygen atoms in total. The van der Waals surface area contributed by atoms with Gasteiger partial charge in [-0.2, -0.15) is 0 Å². The fourth-order valence-electron chi connectivity index (χ4n) is 3.88. The second kappa shape index (κ2) is 6.89. The van der Waals surface area contributed by atoms with Gasteiger partial charge in [-0.3, -0.25) is 4.79 Å². The number of rotatable bonds is 2. The van der Waals surface area contributed by atoms with Crippen molar-refractivity contribution in [1.29, 1.82) is 0 Å². The molecule has 1 aromatic carbocycles. The summed E-state index contributed by atoms with van der Waals surface area (Å²) in [6.07, 6.45) is 1.72. The van der Waals surface area contributed by atoms with Crippen molar-refractivity contribution in [3.63, 3.8) is 0 Å². The first-order valence-corrected chi connectivity index (χ1v) is 9.25. The Balaban J connectivity index is 1.31. The van der Waals surface area contributed by atoms with Crippen molar-refractivity contribution < 1.29 is 19.1 Å². The number of piperidine rings is 1. The fourth-order valence-corrected chi connectivity index (χ4v) is 3.88. The van der Waals surface area contributed by atoms with Crippen LogP contribution in [0.15, 0.2) is 24.3 Å². The number of benzene rings is 1. The summed E-state index contributed by atoms with van der Waals surface area (Å²) in [7, 11) is 0. The minimum atomic E-state index is -0.484. The Morgan fingerprint density at radius 1 is 1.15 bits per heavy atom. The van der Waals surface area contributed by atoms with E-state index < -0.39 is 5.79 Å². The zero-order valence-corrected chi connectivity index (χ0v) is 15.1. The first kappa shape index (κ1) is 17.3. The van der Waals surface area contributed by atoms with E-state index in [2.05, 4.69) is 5.32 Å². The van der Waals surface area contributed by atoms with Crippen LogP contribution in [0.25, 0.3) is 0 Å². The highest BCUT2D eigenvalue weighted by Gasteiger charge is 2.41. The first-order valence-electron chi connectivity index (χ1n) is 9.25. The maximum Gasteiger partial charge on any atom is 0.317 e. The minimum Gasteiger partial charge on any atom is -0.347 e. The highest BCUT2D eigenvalue weighted by atomic mass is 16.7. The molecule has 0 aromatic heterocycles. The molecule has 1 atom stereocenters. The molecule has 3 fully saturated rings. The second-order valence-electron chi connectivity index (χ2n) is 7.29. The average molecular weight is 359 g/mol. The number of hydrogen-bond donors (Lipinski definition) is 1. The van der Waals surface area contributed by atoms with Crippen LogP contribution in [0.2, 0.25) is 0 Å². The highest BCUT2D eigenvalue weighted by molar-refractivity contribution is 5.96. The zero-order chi connectivity index (χ0) is 18.1. The fraction of sp³-hybridized carbons (Fsp3) is 0.579. The Labute approximate surface area is 153 Å². The van der Waals surface area contributed by atoms with Crippen LogP contribution in [0.4, 0.5) is 10.5 Å². The van der Waals surface area contributed by atoms with Gasteiger partial charge in [0, 0.05) is 44.6 Å². The molecule has 0 bridgehead atoms. The lowest BCUT2D eigenvalue weighted by atomic mass is 10.0. The summed E-state index contributed by atoms with van der Waals surface area (Å²) in [5.41, 5.74) is 2.04. The number of carbonyl (C=O) groups excluding carboxylic acids is 2. The quantitative estimate of drug-likeness (QED) is 0.872. The third kappa shape index (κ3) is 3.41. The lowest BCUT2D eigenvalue weighted by molar-refractivity contribution is -0.181. The van der Waals surface area contributed by atoms with Gasteiger partial charge in [0.2, 0.25) is 5.91 Å². The maximum atomic E-state index is 12.6. The normalized spacial score (nSPS) is 25.1. The van der Waals surface area contributed by atoms with Gasteiger partial charge in [0.05, 0.1) is 19.3 Å². The summed E-state index contributed by atoms with van der Waals surface area (Å²) in [4.78, 5) is 28.4. The standard InChI is InChI=1S/C19H25N3O4/c1-14-2-4-16(5-3-14)22-13-15(12-17(22)23)20-18(24)21-8-6-19(7-9-21)25-10-11-26-19/h2-5,15H,6-13H2,1H3,(H,20,24). The van der Waals surface area contributed by atoms with E-state index in [1.54, 1.807) is 9.80 Å². The molecule has 3 aliphatic heterocycles. The van der Waals surface area contributed by atoms with E-state index in [0.29, 0.717) is 52.1 Å². The largest absolute Gasteiger partial charge is 0.347 e. The summed E-state index contributed by atoms with van der Waals surface area (Å²) in [6, 6.07) is 7.61. The van der Waals surface area contributed by atoms with Gasteiger partial charge in [-0.05, 0) is 19.1 Å². The molecule has 1 aromatic rings. The lowest BCUT2D eigenvalue weighted by Crippen LogP contribution is -2.52. The Hall–Kier alpha value is -2.12. The molecule has 0 radical (unpaired) electrons. The lowest BCUT2D eigenvalue weighted by Gasteiger charge is -2.37. The summed E-state index contributed by atoms with van der Waals surface area (Å²) in [5.74, 6) is -0.438. The van der Waals surface area contributed by atoms with Gasteiger partial charge in [-0.25, -0.2) is 4.79 Å². The van der Waals surface area contributed by atoms with E-state index in [1.807, 2.05) is 31.2 Å². The number of hydrogen-bond acceptors (Lipinski definition) is 4. The maximum absolute atomic E-state index is 12.6. The van der Waals surface area contributed by atoms with Crippen LogP contribution >= 0.6 is 0 Å². The average Bonchev–Trinajstić information content (AvgIpc) is 3.23. The number of nitrogens with zero attached hydrogens (tertiary/aromatic N) is 2. The zero-order valence-electron chi connectivity index (χ0n) is 15.1. The summed E-state index contributed by atoms with van der Waals surface area (Å²) in [5, 5.41) is 3.01. The van der Waals surface area contributed by atoms with Crippen molar-refractivity contribution in [2.45, 2.75) is 38.0 Å². The smallest absolute Gasteiger partial charge is 0.317 e. The summed E-state index contributed by atoms with van der Waals surface area (Å²) in [6.45, 7) is 5.00. The Morgan fingerprint density at radius 3 is 2.46 bits per heavy atom. The van der Waals surface area contributed by atoms with Crippen LogP contribution in [-0.2, 0) is 14.3 Å². The molecular formula is C19H25N3O4. The van der Waals surface area contributed by atoms with Crippen LogP contribution in [-0.4, -0.2) is 61.5 Å².